The summed E-state index contributed by atoms with van der Waals surface area (Å²) in [5, 5.41) is 15.3. The molecule has 106 valence electrons. The topological polar surface area (TPSA) is 97.4 Å². The number of carbonyl (C=O) groups excluding carboxylic acids is 1. The van der Waals surface area contributed by atoms with Crippen LogP contribution in [0.3, 0.4) is 0 Å². The molecule has 2 N–H and O–H groups in total. The highest BCUT2D eigenvalue weighted by Gasteiger charge is 2.20. The van der Waals surface area contributed by atoms with E-state index < -0.39 is 17.9 Å². The van der Waals surface area contributed by atoms with Crippen molar-refractivity contribution in [3.8, 4) is 0 Å². The van der Waals surface area contributed by atoms with E-state index in [-0.39, 0.29) is 5.76 Å². The first-order chi connectivity index (χ1) is 9.60. The lowest BCUT2D eigenvalue weighted by Crippen LogP contribution is -2.40. The van der Waals surface area contributed by atoms with Crippen molar-refractivity contribution >= 4 is 11.9 Å². The lowest BCUT2D eigenvalue weighted by molar-refractivity contribution is -0.139. The smallest absolute Gasteiger partial charge is 0.326 e. The minimum Gasteiger partial charge on any atom is -0.480 e. The van der Waals surface area contributed by atoms with Gasteiger partial charge in [-0.2, -0.15) is 5.10 Å². The highest BCUT2D eigenvalue weighted by molar-refractivity contribution is 5.94. The van der Waals surface area contributed by atoms with Gasteiger partial charge in [-0.1, -0.05) is 6.92 Å². The molecule has 0 bridgehead atoms. The van der Waals surface area contributed by atoms with Crippen molar-refractivity contribution in [2.24, 2.45) is 0 Å². The molecule has 1 amide bonds. The Morgan fingerprint density at radius 2 is 2.30 bits per heavy atom. The van der Waals surface area contributed by atoms with Gasteiger partial charge in [-0.3, -0.25) is 9.48 Å². The Morgan fingerprint density at radius 1 is 1.50 bits per heavy atom. The Bertz CT molecular complexity index is 589. The molecular weight excluding hydrogens is 262 g/mol. The van der Waals surface area contributed by atoms with E-state index in [4.69, 9.17) is 9.52 Å². The van der Waals surface area contributed by atoms with Crippen LogP contribution in [0, 0.1) is 0 Å². The highest BCUT2D eigenvalue weighted by atomic mass is 16.4. The number of carbonyl (C=O) groups is 2. The van der Waals surface area contributed by atoms with E-state index in [0.29, 0.717) is 18.7 Å². The fraction of sp³-hybridized carbons (Fsp3) is 0.308. The summed E-state index contributed by atoms with van der Waals surface area (Å²) in [6.45, 7) is 2.10. The predicted octanol–water partition coefficient (Wildman–Crippen LogP) is 1.12. The Kier molecular flexibility index (Phi) is 4.19. The molecule has 0 saturated heterocycles. The van der Waals surface area contributed by atoms with Gasteiger partial charge in [-0.25, -0.2) is 4.79 Å². The first-order valence-corrected chi connectivity index (χ1v) is 6.20. The molecule has 7 nitrogen and oxygen atoms in total. The van der Waals surface area contributed by atoms with Gasteiger partial charge >= 0.3 is 5.97 Å². The molecule has 0 spiro atoms. The van der Waals surface area contributed by atoms with Crippen LogP contribution in [0.25, 0.3) is 0 Å². The standard InChI is InChI=1S/C13H15N3O4/c1-2-10(13(18)19)15-12(17)11-5-4-9(20-11)8-16-7-3-6-14-16/h3-7,10H,2,8H2,1H3,(H,15,17)(H,18,19)/t10-/m0/s1. The molecule has 2 aromatic heterocycles. The normalized spacial score (nSPS) is 12.1. The summed E-state index contributed by atoms with van der Waals surface area (Å²) in [6, 6.07) is 4.05. The zero-order chi connectivity index (χ0) is 14.5. The Labute approximate surface area is 115 Å². The monoisotopic (exact) mass is 277 g/mol. The summed E-state index contributed by atoms with van der Waals surface area (Å²) < 4.78 is 7.04. The van der Waals surface area contributed by atoms with Gasteiger partial charge in [0.05, 0.1) is 6.54 Å². The molecule has 0 radical (unpaired) electrons. The molecule has 0 unspecified atom stereocenters. The molecule has 2 heterocycles. The Balaban J connectivity index is 2.01. The van der Waals surface area contributed by atoms with E-state index in [1.165, 1.54) is 6.07 Å². The molecule has 0 aromatic carbocycles. The Morgan fingerprint density at radius 3 is 2.90 bits per heavy atom. The molecule has 2 rings (SSSR count). The van der Waals surface area contributed by atoms with Crippen LogP contribution in [-0.4, -0.2) is 32.8 Å². The van der Waals surface area contributed by atoms with E-state index in [0.717, 1.165) is 0 Å². The summed E-state index contributed by atoms with van der Waals surface area (Å²) in [6.07, 6.45) is 3.73. The number of furan rings is 1. The van der Waals surface area contributed by atoms with E-state index in [1.54, 1.807) is 36.1 Å². The highest BCUT2D eigenvalue weighted by Crippen LogP contribution is 2.10. The van der Waals surface area contributed by atoms with Gasteiger partial charge in [0.1, 0.15) is 11.8 Å². The number of carboxylic acids is 1. The van der Waals surface area contributed by atoms with Crippen LogP contribution in [-0.2, 0) is 11.3 Å². The van der Waals surface area contributed by atoms with Crippen molar-refractivity contribution in [1.82, 2.24) is 15.1 Å². The lowest BCUT2D eigenvalue weighted by atomic mass is 10.2. The number of aliphatic carboxylic acids is 1. The number of hydrogen-bond acceptors (Lipinski definition) is 4. The summed E-state index contributed by atoms with van der Waals surface area (Å²) in [7, 11) is 0. The maximum absolute atomic E-state index is 11.8. The molecule has 20 heavy (non-hydrogen) atoms. The molecule has 7 heteroatoms. The third-order valence-electron chi connectivity index (χ3n) is 2.77. The predicted molar refractivity (Wildman–Crippen MR) is 69.2 cm³/mol. The second kappa shape index (κ2) is 6.05. The fourth-order valence-corrected chi connectivity index (χ4v) is 1.71. The van der Waals surface area contributed by atoms with Gasteiger partial charge in [-0.05, 0) is 24.6 Å². The number of nitrogens with zero attached hydrogens (tertiary/aromatic N) is 2. The molecular formula is C13H15N3O4. The third kappa shape index (κ3) is 3.25. The van der Waals surface area contributed by atoms with Crippen LogP contribution in [0.5, 0.6) is 0 Å². The number of rotatable bonds is 6. The van der Waals surface area contributed by atoms with Gasteiger partial charge in [-0.15, -0.1) is 0 Å². The molecule has 0 aliphatic heterocycles. The van der Waals surface area contributed by atoms with Crippen LogP contribution < -0.4 is 5.32 Å². The third-order valence-corrected chi connectivity index (χ3v) is 2.77. The zero-order valence-electron chi connectivity index (χ0n) is 10.9. The summed E-state index contributed by atoms with van der Waals surface area (Å²) in [4.78, 5) is 22.7. The second-order valence-corrected chi connectivity index (χ2v) is 4.24. The number of amides is 1. The van der Waals surface area contributed by atoms with Crippen LogP contribution in [0.4, 0.5) is 0 Å². The average Bonchev–Trinajstić information content (AvgIpc) is 3.07. The molecule has 1 atom stereocenters. The first-order valence-electron chi connectivity index (χ1n) is 6.20. The molecule has 0 fully saturated rings. The SMILES string of the molecule is CC[C@H](NC(=O)c1ccc(Cn2cccn2)o1)C(=O)O. The van der Waals surface area contributed by atoms with Gasteiger partial charge < -0.3 is 14.8 Å². The quantitative estimate of drug-likeness (QED) is 0.824. The summed E-state index contributed by atoms with van der Waals surface area (Å²) in [5.41, 5.74) is 0. The zero-order valence-corrected chi connectivity index (χ0v) is 10.9. The van der Waals surface area contributed by atoms with Crippen LogP contribution >= 0.6 is 0 Å². The number of hydrogen-bond donors (Lipinski definition) is 2. The van der Waals surface area contributed by atoms with E-state index in [1.807, 2.05) is 0 Å². The van der Waals surface area contributed by atoms with Crippen molar-refractivity contribution in [3.63, 3.8) is 0 Å². The largest absolute Gasteiger partial charge is 0.480 e. The minimum atomic E-state index is -1.07. The molecule has 0 aliphatic carbocycles. The number of carboxylic acid groups (broad SMARTS) is 1. The maximum atomic E-state index is 11.8. The van der Waals surface area contributed by atoms with Gasteiger partial charge in [0.2, 0.25) is 0 Å². The molecule has 0 saturated carbocycles. The summed E-state index contributed by atoms with van der Waals surface area (Å²) in [5.74, 6) is -0.941. The Hall–Kier alpha value is -2.57. The van der Waals surface area contributed by atoms with Crippen molar-refractivity contribution in [2.75, 3.05) is 0 Å². The average molecular weight is 277 g/mol. The fourth-order valence-electron chi connectivity index (χ4n) is 1.71. The maximum Gasteiger partial charge on any atom is 0.326 e. The van der Waals surface area contributed by atoms with Crippen molar-refractivity contribution in [3.05, 3.63) is 42.1 Å². The van der Waals surface area contributed by atoms with Crippen LogP contribution in [0.15, 0.2) is 35.0 Å². The molecule has 0 aliphatic rings. The van der Waals surface area contributed by atoms with Crippen molar-refractivity contribution in [1.29, 1.82) is 0 Å². The molecule has 2 aromatic rings. The van der Waals surface area contributed by atoms with Crippen LogP contribution in [0.1, 0.15) is 29.7 Å². The number of aromatic nitrogens is 2. The van der Waals surface area contributed by atoms with Gasteiger partial charge in [0, 0.05) is 12.4 Å². The van der Waals surface area contributed by atoms with Crippen LogP contribution in [0.2, 0.25) is 0 Å². The van der Waals surface area contributed by atoms with Gasteiger partial charge in [0.15, 0.2) is 5.76 Å². The van der Waals surface area contributed by atoms with Gasteiger partial charge in [0.25, 0.3) is 5.91 Å². The van der Waals surface area contributed by atoms with E-state index >= 15 is 0 Å². The van der Waals surface area contributed by atoms with Crippen molar-refractivity contribution in [2.45, 2.75) is 25.9 Å². The van der Waals surface area contributed by atoms with E-state index in [2.05, 4.69) is 10.4 Å². The summed E-state index contributed by atoms with van der Waals surface area (Å²) >= 11 is 0. The van der Waals surface area contributed by atoms with Crippen molar-refractivity contribution < 1.29 is 19.1 Å². The minimum absolute atomic E-state index is 0.0897. The van der Waals surface area contributed by atoms with E-state index in [9.17, 15) is 9.59 Å². The second-order valence-electron chi connectivity index (χ2n) is 4.24. The first kappa shape index (κ1) is 13.9. The lowest BCUT2D eigenvalue weighted by Gasteiger charge is -2.10. The number of nitrogens with one attached hydrogen (secondary N) is 1.